The summed E-state index contributed by atoms with van der Waals surface area (Å²) >= 11 is 6.35. The molecule has 1 aliphatic heterocycles. The number of hydrogen-bond donors (Lipinski definition) is 6. The Bertz CT molecular complexity index is 1490. The highest BCUT2D eigenvalue weighted by atomic mass is 35.5. The molecule has 2 aromatic heterocycles. The lowest BCUT2D eigenvalue weighted by Gasteiger charge is -2.65. The topological polar surface area (TPSA) is 209 Å². The van der Waals surface area contributed by atoms with Crippen molar-refractivity contribution < 1.29 is 37.4 Å². The van der Waals surface area contributed by atoms with Crippen LogP contribution in [-0.2, 0) is 19.4 Å². The van der Waals surface area contributed by atoms with Gasteiger partial charge in [-0.2, -0.15) is 18.4 Å². The quantitative estimate of drug-likeness (QED) is 0.142. The predicted octanol–water partition coefficient (Wildman–Crippen LogP) is 1.88. The summed E-state index contributed by atoms with van der Waals surface area (Å²) in [5, 5.41) is 27.1. The van der Waals surface area contributed by atoms with Crippen molar-refractivity contribution in [3.8, 4) is 0 Å². The number of aromatic nitrogens is 4. The molecule has 5 unspecified atom stereocenters. The van der Waals surface area contributed by atoms with E-state index in [4.69, 9.17) is 20.9 Å². The third-order valence-corrected chi connectivity index (χ3v) is 12.4. The van der Waals surface area contributed by atoms with Crippen LogP contribution in [0.5, 0.6) is 0 Å². The van der Waals surface area contributed by atoms with Gasteiger partial charge in [0.25, 0.3) is 17.6 Å². The van der Waals surface area contributed by atoms with Crippen LogP contribution in [0.2, 0.25) is 5.28 Å². The number of imidazole rings is 1. The van der Waals surface area contributed by atoms with E-state index in [-0.39, 0.29) is 27.3 Å². The van der Waals surface area contributed by atoms with Crippen LogP contribution in [0.25, 0.3) is 11.2 Å². The molecule has 5 fully saturated rings. The summed E-state index contributed by atoms with van der Waals surface area (Å²) in [6.07, 6.45) is 2.82. The van der Waals surface area contributed by atoms with Crippen LogP contribution in [0.15, 0.2) is 6.33 Å². The lowest BCUT2D eigenvalue weighted by Crippen LogP contribution is -2.61. The Labute approximate surface area is 236 Å². The molecule has 3 heterocycles. The maximum atomic E-state index is 12.1. The van der Waals surface area contributed by atoms with Gasteiger partial charge in [0, 0.05) is 12.1 Å². The summed E-state index contributed by atoms with van der Waals surface area (Å²) in [6.45, 7) is 4.27. The molecular formula is C23H34ClN6O8PS. The zero-order chi connectivity index (χ0) is 28.9. The number of aliphatic hydroxyl groups is 2. The van der Waals surface area contributed by atoms with Gasteiger partial charge in [0.15, 0.2) is 28.7 Å². The number of ether oxygens (including phenoxy) is 1. The second kappa shape index (κ2) is 9.29. The van der Waals surface area contributed by atoms with Gasteiger partial charge in [-0.15, -0.1) is 0 Å². The summed E-state index contributed by atoms with van der Waals surface area (Å²) < 4.78 is 50.2. The highest BCUT2D eigenvalue weighted by molar-refractivity contribution is 7.93. The molecule has 5 aliphatic rings. The molecule has 40 heavy (non-hydrogen) atoms. The van der Waals surface area contributed by atoms with Crippen molar-refractivity contribution in [2.24, 2.45) is 16.7 Å². The molecule has 2 aromatic rings. The van der Waals surface area contributed by atoms with Crippen molar-refractivity contribution in [1.29, 1.82) is 0 Å². The third kappa shape index (κ3) is 5.29. The van der Waals surface area contributed by atoms with Crippen molar-refractivity contribution in [3.05, 3.63) is 11.6 Å². The van der Waals surface area contributed by atoms with E-state index >= 15 is 0 Å². The number of aliphatic hydroxyl groups excluding tert-OH is 2. The Morgan fingerprint density at radius 2 is 1.82 bits per heavy atom. The molecule has 222 valence electrons. The summed E-state index contributed by atoms with van der Waals surface area (Å²) in [6, 6.07) is 0. The van der Waals surface area contributed by atoms with Gasteiger partial charge in [-0.05, 0) is 66.9 Å². The van der Waals surface area contributed by atoms with E-state index in [0.29, 0.717) is 17.3 Å². The molecule has 9 atom stereocenters. The zero-order valence-electron chi connectivity index (χ0n) is 22.1. The number of halogens is 1. The Balaban J connectivity index is 1.25. The lowest BCUT2D eigenvalue weighted by molar-refractivity contribution is -0.0973. The molecule has 4 bridgehead atoms. The van der Waals surface area contributed by atoms with E-state index in [0.717, 1.165) is 19.3 Å². The number of nitrogens with zero attached hydrogens (tertiary/aromatic N) is 4. The van der Waals surface area contributed by atoms with Crippen LogP contribution in [0.1, 0.15) is 58.6 Å². The SMILES string of the molecule is C[C@]12CC3CC(Nc4nc(Cl)nc5c4ncn5[C@@H]4O[C@H](CNP(=O)(O)CS(=O)(=O)O)C(O)C4O)(C1)C[C@@](C)(C3)C2. The van der Waals surface area contributed by atoms with E-state index in [2.05, 4.69) is 39.2 Å². The average Bonchev–Trinajstić information content (AvgIpc) is 3.29. The molecule has 0 spiro atoms. The van der Waals surface area contributed by atoms with Gasteiger partial charge < -0.3 is 25.2 Å². The monoisotopic (exact) mass is 620 g/mol. The largest absolute Gasteiger partial charge is 0.387 e. The molecule has 4 aliphatic carbocycles. The van der Waals surface area contributed by atoms with Crippen LogP contribution in [0.4, 0.5) is 5.82 Å². The molecule has 0 aromatic carbocycles. The number of hydrogen-bond acceptors (Lipinski definition) is 10. The molecule has 0 radical (unpaired) electrons. The van der Waals surface area contributed by atoms with Crippen LogP contribution in [0.3, 0.4) is 0 Å². The number of rotatable bonds is 8. The van der Waals surface area contributed by atoms with Gasteiger partial charge in [-0.1, -0.05) is 13.8 Å². The minimum atomic E-state index is -4.73. The number of nitrogens with one attached hydrogen (secondary N) is 2. The van der Waals surface area contributed by atoms with Crippen molar-refractivity contribution >= 4 is 46.2 Å². The Morgan fingerprint density at radius 3 is 2.45 bits per heavy atom. The van der Waals surface area contributed by atoms with Crippen LogP contribution < -0.4 is 10.4 Å². The fourth-order valence-electron chi connectivity index (χ4n) is 8.63. The van der Waals surface area contributed by atoms with Gasteiger partial charge in [0.1, 0.15) is 18.3 Å². The molecule has 7 rings (SSSR count). The zero-order valence-corrected chi connectivity index (χ0v) is 24.5. The normalized spacial score (nSPS) is 40.5. The molecule has 14 nitrogen and oxygen atoms in total. The Kier molecular flexibility index (Phi) is 6.66. The second-order valence-corrected chi connectivity index (χ2v) is 17.3. The highest BCUT2D eigenvalue weighted by Gasteiger charge is 2.60. The summed E-state index contributed by atoms with van der Waals surface area (Å²) in [5.74, 6) is 1.13. The lowest BCUT2D eigenvalue weighted by atomic mass is 9.43. The first-order valence-electron chi connectivity index (χ1n) is 13.2. The Hall–Kier alpha value is -1.42. The molecule has 4 saturated carbocycles. The predicted molar refractivity (Wildman–Crippen MR) is 144 cm³/mol. The smallest absolute Gasteiger partial charge is 0.284 e. The summed E-state index contributed by atoms with van der Waals surface area (Å²) in [5.41, 5.74) is -0.334. The summed E-state index contributed by atoms with van der Waals surface area (Å²) in [4.78, 5) is 23.1. The first kappa shape index (κ1) is 28.7. The minimum Gasteiger partial charge on any atom is -0.387 e. The van der Waals surface area contributed by atoms with Gasteiger partial charge in [0.2, 0.25) is 5.28 Å². The van der Waals surface area contributed by atoms with E-state index in [9.17, 15) is 28.1 Å². The van der Waals surface area contributed by atoms with Gasteiger partial charge in [-0.25, -0.2) is 10.1 Å². The standard InChI is InChI=1S/C23H34ClN6O8PS/c1-21-3-12-4-22(2,7-21)9-23(5-12,8-21)29-17-14-18(28-20(24)27-17)30(10-25-14)19-16(32)15(31)13(38-19)6-26-39(33,34)11-40(35,36)37/h10,12-13,15-16,19,31-32H,3-9,11H2,1-2H3,(H2,26,33,34)(H,27,28,29)(H,35,36,37)/t12?,13-,15?,16?,19-,21-,22+,23?/m1/s1. The van der Waals surface area contributed by atoms with E-state index in [1.165, 1.54) is 30.2 Å². The van der Waals surface area contributed by atoms with Crippen LogP contribution in [0, 0.1) is 16.7 Å². The minimum absolute atomic E-state index is 0.0309. The van der Waals surface area contributed by atoms with Crippen molar-refractivity contribution in [2.75, 3.05) is 17.4 Å². The van der Waals surface area contributed by atoms with Crippen molar-refractivity contribution in [1.82, 2.24) is 24.6 Å². The third-order valence-electron chi connectivity index (χ3n) is 8.89. The molecule has 17 heteroatoms. The summed E-state index contributed by atoms with van der Waals surface area (Å²) in [7, 11) is -9.24. The van der Waals surface area contributed by atoms with E-state index in [1.807, 2.05) is 0 Å². The van der Waals surface area contributed by atoms with Crippen molar-refractivity contribution in [3.63, 3.8) is 0 Å². The van der Waals surface area contributed by atoms with E-state index in [1.54, 1.807) is 0 Å². The first-order valence-corrected chi connectivity index (χ1v) is 17.0. The maximum Gasteiger partial charge on any atom is 0.284 e. The number of fused-ring (bicyclic) bond motifs is 1. The van der Waals surface area contributed by atoms with E-state index < -0.39 is 54.2 Å². The first-order chi connectivity index (χ1) is 18.5. The maximum absolute atomic E-state index is 12.1. The van der Waals surface area contributed by atoms with Gasteiger partial charge in [-0.3, -0.25) is 13.7 Å². The molecule has 0 amide bonds. The fourth-order valence-corrected chi connectivity index (χ4v) is 11.4. The second-order valence-electron chi connectivity index (χ2n) is 13.0. The van der Waals surface area contributed by atoms with Crippen LogP contribution in [-0.4, -0.2) is 83.5 Å². The van der Waals surface area contributed by atoms with Crippen molar-refractivity contribution in [2.45, 2.75) is 82.5 Å². The average molecular weight is 621 g/mol. The Morgan fingerprint density at radius 1 is 1.15 bits per heavy atom. The fraction of sp³-hybridized carbons (Fsp3) is 0.783. The number of anilines is 1. The molecular weight excluding hydrogens is 587 g/mol. The molecule has 1 saturated heterocycles. The van der Waals surface area contributed by atoms with Crippen LogP contribution >= 0.6 is 19.1 Å². The van der Waals surface area contributed by atoms with Gasteiger partial charge in [0.05, 0.1) is 6.33 Å². The molecule has 6 N–H and O–H groups in total. The highest BCUT2D eigenvalue weighted by Crippen LogP contribution is 2.67. The van der Waals surface area contributed by atoms with Gasteiger partial charge >= 0.3 is 0 Å².